The molecule has 3 aromatic rings. The van der Waals surface area contributed by atoms with Gasteiger partial charge in [-0.25, -0.2) is 4.98 Å². The lowest BCUT2D eigenvalue weighted by atomic mass is 10.1. The second kappa shape index (κ2) is 10.4. The van der Waals surface area contributed by atoms with E-state index in [2.05, 4.69) is 27.4 Å². The summed E-state index contributed by atoms with van der Waals surface area (Å²) >= 11 is 0. The van der Waals surface area contributed by atoms with Crippen LogP contribution >= 0.6 is 12.4 Å². The first-order valence-electron chi connectivity index (χ1n) is 8.95. The van der Waals surface area contributed by atoms with Gasteiger partial charge in [-0.1, -0.05) is 13.3 Å². The monoisotopic (exact) mass is 401 g/mol. The minimum atomic E-state index is -0.175. The number of carbonyl (C=O) groups excluding carboxylic acids is 1. The molecule has 1 amide bonds. The summed E-state index contributed by atoms with van der Waals surface area (Å²) in [5, 5.41) is 9.77. The van der Waals surface area contributed by atoms with Crippen LogP contribution in [0.4, 0.5) is 5.69 Å². The summed E-state index contributed by atoms with van der Waals surface area (Å²) in [5.74, 6) is 1.80. The third-order valence-corrected chi connectivity index (χ3v) is 4.01. The van der Waals surface area contributed by atoms with Crippen molar-refractivity contribution in [3.63, 3.8) is 0 Å². The van der Waals surface area contributed by atoms with Gasteiger partial charge in [0.2, 0.25) is 0 Å². The minimum absolute atomic E-state index is 0. The number of nitrogens with one attached hydrogen (secondary N) is 2. The lowest BCUT2D eigenvalue weighted by Gasteiger charge is -2.08. The lowest BCUT2D eigenvalue weighted by molar-refractivity contribution is 0.102. The molecule has 0 radical (unpaired) electrons. The highest BCUT2D eigenvalue weighted by atomic mass is 35.5. The quantitative estimate of drug-likeness (QED) is 0.498. The number of nitrogens with zero attached hydrogens (tertiary/aromatic N) is 2. The first-order valence-corrected chi connectivity index (χ1v) is 8.95. The van der Waals surface area contributed by atoms with E-state index in [-0.39, 0.29) is 18.3 Å². The molecule has 0 aliphatic heterocycles. The summed E-state index contributed by atoms with van der Waals surface area (Å²) in [7, 11) is 0. The fourth-order valence-electron chi connectivity index (χ4n) is 2.46. The van der Waals surface area contributed by atoms with E-state index >= 15 is 0 Å². The molecule has 0 fully saturated rings. The molecule has 0 aliphatic rings. The first kappa shape index (κ1) is 21.4. The molecule has 0 saturated carbocycles. The van der Waals surface area contributed by atoms with Gasteiger partial charge >= 0.3 is 0 Å². The van der Waals surface area contributed by atoms with Crippen LogP contribution in [0.15, 0.2) is 48.5 Å². The number of aromatic nitrogens is 3. The molecule has 3 rings (SSSR count). The van der Waals surface area contributed by atoms with E-state index in [1.165, 1.54) is 0 Å². The zero-order valence-corrected chi connectivity index (χ0v) is 16.5. The topological polar surface area (TPSA) is 106 Å². The van der Waals surface area contributed by atoms with E-state index in [9.17, 15) is 4.79 Å². The molecular weight excluding hydrogens is 378 g/mol. The van der Waals surface area contributed by atoms with E-state index in [1.807, 2.05) is 36.4 Å². The highest BCUT2D eigenvalue weighted by molar-refractivity contribution is 6.04. The number of carbonyl (C=O) groups is 1. The Bertz CT molecular complexity index is 878. The van der Waals surface area contributed by atoms with E-state index in [0.29, 0.717) is 36.1 Å². The Morgan fingerprint density at radius 2 is 1.86 bits per heavy atom. The van der Waals surface area contributed by atoms with E-state index < -0.39 is 0 Å². The smallest absolute Gasteiger partial charge is 0.255 e. The van der Waals surface area contributed by atoms with Crippen molar-refractivity contribution in [2.24, 2.45) is 5.73 Å². The summed E-state index contributed by atoms with van der Waals surface area (Å²) in [5.41, 5.74) is 7.64. The number of amides is 1. The Morgan fingerprint density at radius 3 is 2.46 bits per heavy atom. The Balaban J connectivity index is 0.00000280. The summed E-state index contributed by atoms with van der Waals surface area (Å²) in [4.78, 5) is 16.7. The van der Waals surface area contributed by atoms with Gasteiger partial charge in [-0.05, 0) is 55.0 Å². The van der Waals surface area contributed by atoms with Crippen LogP contribution in [-0.2, 0) is 6.54 Å². The van der Waals surface area contributed by atoms with Crippen LogP contribution in [0.1, 0.15) is 35.9 Å². The molecule has 0 spiro atoms. The van der Waals surface area contributed by atoms with Gasteiger partial charge in [0, 0.05) is 16.8 Å². The van der Waals surface area contributed by atoms with Gasteiger partial charge in [0.05, 0.1) is 13.2 Å². The molecule has 1 heterocycles. The van der Waals surface area contributed by atoms with Gasteiger partial charge in [0.15, 0.2) is 5.82 Å². The Hall–Kier alpha value is -2.90. The molecule has 0 saturated heterocycles. The predicted molar refractivity (Wildman–Crippen MR) is 112 cm³/mol. The number of aromatic amines is 1. The van der Waals surface area contributed by atoms with Gasteiger partial charge in [-0.3, -0.25) is 9.89 Å². The van der Waals surface area contributed by atoms with E-state index in [4.69, 9.17) is 10.5 Å². The number of H-pyrrole nitrogens is 1. The Labute approximate surface area is 170 Å². The molecule has 0 bridgehead atoms. The highest BCUT2D eigenvalue weighted by Gasteiger charge is 2.08. The summed E-state index contributed by atoms with van der Waals surface area (Å²) < 4.78 is 5.61. The normalized spacial score (nSPS) is 10.2. The number of halogens is 1. The SMILES string of the molecule is CCCCOc1ccc(C(=O)Nc2ccc(-c3n[nH]c(CN)n3)cc2)cc1.Cl. The van der Waals surface area contributed by atoms with Crippen molar-refractivity contribution in [2.45, 2.75) is 26.3 Å². The molecular formula is C20H24ClN5O2. The fraction of sp³-hybridized carbons (Fsp3) is 0.250. The number of nitrogens with two attached hydrogens (primary N) is 1. The van der Waals surface area contributed by atoms with Gasteiger partial charge in [0.25, 0.3) is 5.91 Å². The fourth-order valence-corrected chi connectivity index (χ4v) is 2.46. The molecule has 1 aromatic heterocycles. The van der Waals surface area contributed by atoms with Crippen molar-refractivity contribution in [3.8, 4) is 17.1 Å². The number of hydrogen-bond donors (Lipinski definition) is 3. The van der Waals surface area contributed by atoms with Crippen LogP contribution in [0.3, 0.4) is 0 Å². The van der Waals surface area contributed by atoms with E-state index in [1.54, 1.807) is 12.1 Å². The standard InChI is InChI=1S/C20H23N5O2.ClH/c1-2-3-12-27-17-10-6-15(7-11-17)20(26)22-16-8-4-14(5-9-16)19-23-18(13-21)24-25-19;/h4-11H,2-3,12-13,21H2,1H3,(H,22,26)(H,23,24,25);1H. The number of anilines is 1. The van der Waals surface area contributed by atoms with Crippen LogP contribution in [0.2, 0.25) is 0 Å². The van der Waals surface area contributed by atoms with Gasteiger partial charge in [-0.2, -0.15) is 5.10 Å². The third kappa shape index (κ3) is 5.55. The maximum Gasteiger partial charge on any atom is 0.255 e. The van der Waals surface area contributed by atoms with Crippen molar-refractivity contribution in [2.75, 3.05) is 11.9 Å². The zero-order valence-electron chi connectivity index (χ0n) is 15.6. The van der Waals surface area contributed by atoms with Gasteiger partial charge < -0.3 is 15.8 Å². The van der Waals surface area contributed by atoms with Gasteiger partial charge in [-0.15, -0.1) is 12.4 Å². The maximum absolute atomic E-state index is 12.4. The second-order valence-corrected chi connectivity index (χ2v) is 6.07. The van der Waals surface area contributed by atoms with Crippen molar-refractivity contribution in [1.82, 2.24) is 15.2 Å². The van der Waals surface area contributed by atoms with E-state index in [0.717, 1.165) is 24.2 Å². The molecule has 4 N–H and O–H groups in total. The lowest BCUT2D eigenvalue weighted by Crippen LogP contribution is -2.11. The van der Waals surface area contributed by atoms with Crippen LogP contribution in [0.5, 0.6) is 5.75 Å². The van der Waals surface area contributed by atoms with Gasteiger partial charge in [0.1, 0.15) is 11.6 Å². The van der Waals surface area contributed by atoms with Crippen LogP contribution in [0, 0.1) is 0 Å². The van der Waals surface area contributed by atoms with Crippen LogP contribution in [-0.4, -0.2) is 27.7 Å². The van der Waals surface area contributed by atoms with Crippen molar-refractivity contribution in [1.29, 1.82) is 0 Å². The molecule has 0 unspecified atom stereocenters. The molecule has 0 aliphatic carbocycles. The van der Waals surface area contributed by atoms with Crippen molar-refractivity contribution < 1.29 is 9.53 Å². The summed E-state index contributed by atoms with van der Waals surface area (Å²) in [6, 6.07) is 14.5. The number of rotatable bonds is 8. The second-order valence-electron chi connectivity index (χ2n) is 6.07. The summed E-state index contributed by atoms with van der Waals surface area (Å²) in [6.07, 6.45) is 2.10. The molecule has 7 nitrogen and oxygen atoms in total. The number of ether oxygens (including phenoxy) is 1. The summed E-state index contributed by atoms with van der Waals surface area (Å²) in [6.45, 7) is 3.11. The molecule has 2 aromatic carbocycles. The van der Waals surface area contributed by atoms with Crippen molar-refractivity contribution >= 4 is 24.0 Å². The molecule has 148 valence electrons. The number of unbranched alkanes of at least 4 members (excludes halogenated alkanes) is 1. The number of hydrogen-bond acceptors (Lipinski definition) is 5. The average molecular weight is 402 g/mol. The number of benzene rings is 2. The van der Waals surface area contributed by atoms with Crippen LogP contribution < -0.4 is 15.8 Å². The maximum atomic E-state index is 12.4. The van der Waals surface area contributed by atoms with Crippen LogP contribution in [0.25, 0.3) is 11.4 Å². The molecule has 28 heavy (non-hydrogen) atoms. The third-order valence-electron chi connectivity index (χ3n) is 4.01. The minimum Gasteiger partial charge on any atom is -0.494 e. The zero-order chi connectivity index (χ0) is 19.1. The Kier molecular flexibility index (Phi) is 7.98. The van der Waals surface area contributed by atoms with Crippen molar-refractivity contribution in [3.05, 3.63) is 59.9 Å². The first-order chi connectivity index (χ1) is 13.2. The highest BCUT2D eigenvalue weighted by Crippen LogP contribution is 2.19. The Morgan fingerprint density at radius 1 is 1.14 bits per heavy atom. The average Bonchev–Trinajstić information content (AvgIpc) is 3.18. The molecule has 0 atom stereocenters. The predicted octanol–water partition coefficient (Wildman–Crippen LogP) is 3.78. The largest absolute Gasteiger partial charge is 0.494 e. The molecule has 8 heteroatoms.